The van der Waals surface area contributed by atoms with Crippen molar-refractivity contribution in [2.75, 3.05) is 18.2 Å². The van der Waals surface area contributed by atoms with Crippen LogP contribution >= 0.6 is 27.7 Å². The fourth-order valence-corrected chi connectivity index (χ4v) is 3.95. The van der Waals surface area contributed by atoms with Crippen LogP contribution in [0.15, 0.2) is 46.0 Å². The van der Waals surface area contributed by atoms with Crippen molar-refractivity contribution in [2.24, 2.45) is 0 Å². The van der Waals surface area contributed by atoms with Gasteiger partial charge in [-0.3, -0.25) is 4.79 Å². The summed E-state index contributed by atoms with van der Waals surface area (Å²) in [5.41, 5.74) is 1.20. The predicted molar refractivity (Wildman–Crippen MR) is 121 cm³/mol. The third-order valence-electron chi connectivity index (χ3n) is 4.32. The van der Waals surface area contributed by atoms with Crippen LogP contribution in [0.5, 0.6) is 11.5 Å². The lowest BCUT2D eigenvalue weighted by molar-refractivity contribution is -0.113. The molecule has 0 aliphatic rings. The molecule has 0 unspecified atom stereocenters. The zero-order valence-electron chi connectivity index (χ0n) is 17.3. The average Bonchev–Trinajstić information content (AvgIpc) is 3.15. The first kappa shape index (κ1) is 23.1. The molecule has 31 heavy (non-hydrogen) atoms. The Morgan fingerprint density at radius 3 is 2.74 bits per heavy atom. The fraction of sp³-hybridized carbons (Fsp3) is 0.286. The van der Waals surface area contributed by atoms with E-state index in [9.17, 15) is 9.18 Å². The number of aryl methyl sites for hydroxylation is 1. The van der Waals surface area contributed by atoms with Gasteiger partial charge in [-0.2, -0.15) is 0 Å². The fourth-order valence-electron chi connectivity index (χ4n) is 2.79. The van der Waals surface area contributed by atoms with Gasteiger partial charge in [0, 0.05) is 11.0 Å². The monoisotopic (exact) mass is 508 g/mol. The molecule has 3 aromatic rings. The third-order valence-corrected chi connectivity index (χ3v) is 5.78. The summed E-state index contributed by atoms with van der Waals surface area (Å²) in [4.78, 5) is 12.2. The first-order valence-electron chi connectivity index (χ1n) is 9.48. The largest absolute Gasteiger partial charge is 0.493 e. The Kier molecular flexibility index (Phi) is 7.91. The molecule has 0 aliphatic heterocycles. The standard InChI is InChI=1S/C21H22BrFN4O3S/c1-4-27-19(11-30-17-8-5-13(2)9-18(17)29-3)25-26-21(27)31-12-20(28)24-16-7-6-14(22)10-15(16)23/h5-10H,4,11-12H2,1-3H3,(H,24,28). The van der Waals surface area contributed by atoms with E-state index < -0.39 is 5.82 Å². The number of carbonyl (C=O) groups excluding carboxylic acids is 1. The van der Waals surface area contributed by atoms with Crippen molar-refractivity contribution in [2.45, 2.75) is 32.2 Å². The average molecular weight is 509 g/mol. The van der Waals surface area contributed by atoms with Crippen molar-refractivity contribution < 1.29 is 18.7 Å². The van der Waals surface area contributed by atoms with E-state index in [-0.39, 0.29) is 24.0 Å². The summed E-state index contributed by atoms with van der Waals surface area (Å²) in [5, 5.41) is 11.5. The summed E-state index contributed by atoms with van der Waals surface area (Å²) < 4.78 is 27.6. The molecule has 1 heterocycles. The molecule has 2 aromatic carbocycles. The van der Waals surface area contributed by atoms with Crippen LogP contribution in [0.3, 0.4) is 0 Å². The van der Waals surface area contributed by atoms with E-state index in [1.54, 1.807) is 13.2 Å². The number of nitrogens with zero attached hydrogens (tertiary/aromatic N) is 3. The van der Waals surface area contributed by atoms with E-state index in [2.05, 4.69) is 31.4 Å². The second-order valence-electron chi connectivity index (χ2n) is 6.55. The van der Waals surface area contributed by atoms with Gasteiger partial charge in [-0.25, -0.2) is 4.39 Å². The van der Waals surface area contributed by atoms with Crippen molar-refractivity contribution in [1.82, 2.24) is 14.8 Å². The number of thioether (sulfide) groups is 1. The minimum atomic E-state index is -0.504. The minimum Gasteiger partial charge on any atom is -0.493 e. The zero-order chi connectivity index (χ0) is 22.4. The van der Waals surface area contributed by atoms with Gasteiger partial charge in [0.25, 0.3) is 0 Å². The molecule has 7 nitrogen and oxygen atoms in total. The summed E-state index contributed by atoms with van der Waals surface area (Å²) in [6.07, 6.45) is 0. The summed E-state index contributed by atoms with van der Waals surface area (Å²) >= 11 is 4.41. The van der Waals surface area contributed by atoms with Gasteiger partial charge in [-0.1, -0.05) is 33.8 Å². The lowest BCUT2D eigenvalue weighted by Crippen LogP contribution is -2.15. The Morgan fingerprint density at radius 1 is 1.23 bits per heavy atom. The second-order valence-corrected chi connectivity index (χ2v) is 8.41. The van der Waals surface area contributed by atoms with E-state index in [4.69, 9.17) is 9.47 Å². The van der Waals surface area contributed by atoms with Gasteiger partial charge in [0.05, 0.1) is 18.6 Å². The maximum absolute atomic E-state index is 13.9. The molecule has 1 N–H and O–H groups in total. The molecule has 0 aliphatic carbocycles. The lowest BCUT2D eigenvalue weighted by Gasteiger charge is -2.12. The Morgan fingerprint density at radius 2 is 2.03 bits per heavy atom. The molecular weight excluding hydrogens is 487 g/mol. The highest BCUT2D eigenvalue weighted by Gasteiger charge is 2.15. The Hall–Kier alpha value is -2.59. The smallest absolute Gasteiger partial charge is 0.234 e. The molecule has 1 aromatic heterocycles. The van der Waals surface area contributed by atoms with Gasteiger partial charge in [-0.15, -0.1) is 10.2 Å². The van der Waals surface area contributed by atoms with Crippen LogP contribution < -0.4 is 14.8 Å². The van der Waals surface area contributed by atoms with Crippen LogP contribution in [0.4, 0.5) is 10.1 Å². The van der Waals surface area contributed by atoms with Crippen LogP contribution in [-0.4, -0.2) is 33.5 Å². The number of benzene rings is 2. The maximum Gasteiger partial charge on any atom is 0.234 e. The van der Waals surface area contributed by atoms with Crippen LogP contribution in [0, 0.1) is 12.7 Å². The van der Waals surface area contributed by atoms with E-state index in [1.165, 1.54) is 23.9 Å². The maximum atomic E-state index is 13.9. The van der Waals surface area contributed by atoms with Gasteiger partial charge in [0.1, 0.15) is 12.4 Å². The summed E-state index contributed by atoms with van der Waals surface area (Å²) in [5.74, 6) is 1.12. The summed E-state index contributed by atoms with van der Waals surface area (Å²) in [6, 6.07) is 10.2. The predicted octanol–water partition coefficient (Wildman–Crippen LogP) is 4.83. The SMILES string of the molecule is CCn1c(COc2ccc(C)cc2OC)nnc1SCC(=O)Nc1ccc(Br)cc1F. The van der Waals surface area contributed by atoms with E-state index >= 15 is 0 Å². The molecule has 10 heteroatoms. The topological polar surface area (TPSA) is 78.3 Å². The molecule has 0 bridgehead atoms. The number of anilines is 1. The zero-order valence-corrected chi connectivity index (χ0v) is 19.7. The molecule has 1 amide bonds. The summed E-state index contributed by atoms with van der Waals surface area (Å²) in [6.45, 7) is 4.75. The first-order valence-corrected chi connectivity index (χ1v) is 11.3. The van der Waals surface area contributed by atoms with Crippen molar-refractivity contribution in [3.05, 3.63) is 58.1 Å². The van der Waals surface area contributed by atoms with Crippen LogP contribution in [0.1, 0.15) is 18.3 Å². The van der Waals surface area contributed by atoms with E-state index in [0.717, 1.165) is 5.56 Å². The first-order chi connectivity index (χ1) is 14.9. The number of amides is 1. The number of methoxy groups -OCH3 is 1. The normalized spacial score (nSPS) is 10.7. The Balaban J connectivity index is 1.61. The lowest BCUT2D eigenvalue weighted by atomic mass is 10.2. The van der Waals surface area contributed by atoms with Crippen molar-refractivity contribution in [1.29, 1.82) is 0 Å². The number of hydrogen-bond donors (Lipinski definition) is 1. The molecule has 0 fully saturated rings. The molecule has 0 radical (unpaired) electrons. The number of aromatic nitrogens is 3. The molecule has 0 saturated heterocycles. The number of hydrogen-bond acceptors (Lipinski definition) is 6. The van der Waals surface area contributed by atoms with Gasteiger partial charge < -0.3 is 19.4 Å². The summed E-state index contributed by atoms with van der Waals surface area (Å²) in [7, 11) is 1.59. The van der Waals surface area contributed by atoms with Crippen molar-refractivity contribution in [3.8, 4) is 11.5 Å². The van der Waals surface area contributed by atoms with E-state index in [1.807, 2.05) is 36.6 Å². The molecule has 3 rings (SSSR count). The molecule has 0 atom stereocenters. The number of nitrogens with one attached hydrogen (secondary N) is 1. The quantitative estimate of drug-likeness (QED) is 0.417. The molecule has 0 saturated carbocycles. The number of carbonyl (C=O) groups is 1. The second kappa shape index (κ2) is 10.6. The molecular formula is C21H22BrFN4O3S. The Labute approximate surface area is 192 Å². The van der Waals surface area contributed by atoms with Gasteiger partial charge in [-0.05, 0) is 49.7 Å². The highest BCUT2D eigenvalue weighted by molar-refractivity contribution is 9.10. The minimum absolute atomic E-state index is 0.0697. The van der Waals surface area contributed by atoms with Gasteiger partial charge in [0.15, 0.2) is 22.5 Å². The van der Waals surface area contributed by atoms with E-state index in [0.29, 0.717) is 33.5 Å². The number of rotatable bonds is 9. The molecule has 164 valence electrons. The van der Waals surface area contributed by atoms with Crippen molar-refractivity contribution in [3.63, 3.8) is 0 Å². The third kappa shape index (κ3) is 5.98. The van der Waals surface area contributed by atoms with Gasteiger partial charge >= 0.3 is 0 Å². The van der Waals surface area contributed by atoms with Crippen LogP contribution in [0.2, 0.25) is 0 Å². The highest BCUT2D eigenvalue weighted by atomic mass is 79.9. The van der Waals surface area contributed by atoms with Crippen molar-refractivity contribution >= 4 is 39.3 Å². The highest BCUT2D eigenvalue weighted by Crippen LogP contribution is 2.29. The molecule has 0 spiro atoms. The number of ether oxygens (including phenoxy) is 2. The van der Waals surface area contributed by atoms with Crippen LogP contribution in [0.25, 0.3) is 0 Å². The van der Waals surface area contributed by atoms with Gasteiger partial charge in [0.2, 0.25) is 5.91 Å². The van der Waals surface area contributed by atoms with Crippen LogP contribution in [-0.2, 0) is 17.9 Å². The number of halogens is 2. The Bertz CT molecular complexity index is 1080.